The lowest BCUT2D eigenvalue weighted by Gasteiger charge is -2.60. The van der Waals surface area contributed by atoms with Crippen LogP contribution in [0.1, 0.15) is 65.7 Å². The Balaban J connectivity index is 1.72. The van der Waals surface area contributed by atoms with E-state index in [-0.39, 0.29) is 35.1 Å². The van der Waals surface area contributed by atoms with Crippen LogP contribution < -0.4 is 0 Å². The molecule has 0 aromatic carbocycles. The van der Waals surface area contributed by atoms with Crippen molar-refractivity contribution in [1.82, 2.24) is 0 Å². The highest BCUT2D eigenvalue weighted by Crippen LogP contribution is 2.68. The van der Waals surface area contributed by atoms with Crippen LogP contribution >= 0.6 is 0 Å². The van der Waals surface area contributed by atoms with Crippen LogP contribution in [0.4, 0.5) is 0 Å². The molecule has 0 radical (unpaired) electrons. The third-order valence-electron chi connectivity index (χ3n) is 9.01. The molecule has 4 rings (SSSR count). The van der Waals surface area contributed by atoms with E-state index >= 15 is 0 Å². The van der Waals surface area contributed by atoms with Crippen molar-refractivity contribution in [1.29, 1.82) is 0 Å². The zero-order valence-electron chi connectivity index (χ0n) is 17.6. The van der Waals surface area contributed by atoms with Gasteiger partial charge in [-0.1, -0.05) is 19.4 Å². The summed E-state index contributed by atoms with van der Waals surface area (Å²) in [5.74, 6) is 1.13. The van der Waals surface area contributed by atoms with E-state index < -0.39 is 11.7 Å². The fourth-order valence-corrected chi connectivity index (χ4v) is 7.75. The molecule has 1 N–H and O–H groups in total. The Morgan fingerprint density at radius 2 is 2.00 bits per heavy atom. The van der Waals surface area contributed by atoms with Crippen LogP contribution in [0.3, 0.4) is 0 Å². The second-order valence-corrected chi connectivity index (χ2v) is 10.0. The van der Waals surface area contributed by atoms with Gasteiger partial charge in [0.2, 0.25) is 0 Å². The number of hydrogen-bond donors (Lipinski definition) is 1. The van der Waals surface area contributed by atoms with E-state index in [9.17, 15) is 14.7 Å². The zero-order chi connectivity index (χ0) is 20.3. The van der Waals surface area contributed by atoms with E-state index in [0.717, 1.165) is 25.7 Å². The Hall–Kier alpha value is -1.04. The number of allylic oxidation sites excluding steroid dienone is 1. The number of methoxy groups -OCH3 is 1. The van der Waals surface area contributed by atoms with Crippen LogP contribution in [0.25, 0.3) is 0 Å². The first-order valence-electron chi connectivity index (χ1n) is 10.8. The number of ketones is 2. The first-order chi connectivity index (χ1) is 13.2. The van der Waals surface area contributed by atoms with Gasteiger partial charge in [-0.2, -0.15) is 0 Å². The number of rotatable bonds is 4. The first-order valence-corrected chi connectivity index (χ1v) is 10.8. The molecule has 7 atom stereocenters. The minimum atomic E-state index is -0.876. The maximum absolute atomic E-state index is 12.8. The number of carbonyl (C=O) groups is 2. The smallest absolute Gasteiger partial charge is 0.162 e. The van der Waals surface area contributed by atoms with Gasteiger partial charge in [-0.05, 0) is 74.7 Å². The summed E-state index contributed by atoms with van der Waals surface area (Å²) in [7, 11) is 1.58. The number of Topliss-reactive ketones (excluding diaryl/α,β-unsaturated/α-hetero) is 1. The van der Waals surface area contributed by atoms with E-state index in [4.69, 9.17) is 9.47 Å². The van der Waals surface area contributed by atoms with Gasteiger partial charge in [-0.3, -0.25) is 9.59 Å². The Morgan fingerprint density at radius 3 is 2.68 bits per heavy atom. The summed E-state index contributed by atoms with van der Waals surface area (Å²) >= 11 is 0. The minimum Gasteiger partial charge on any atom is -0.393 e. The highest BCUT2D eigenvalue weighted by atomic mass is 16.7. The summed E-state index contributed by atoms with van der Waals surface area (Å²) in [6.07, 6.45) is 6.89. The molecule has 0 bridgehead atoms. The topological polar surface area (TPSA) is 72.8 Å². The lowest BCUT2D eigenvalue weighted by Crippen LogP contribution is -2.62. The molecule has 156 valence electrons. The first kappa shape index (κ1) is 20.2. The number of hydrogen-bond acceptors (Lipinski definition) is 5. The molecular formula is C23H34O5. The van der Waals surface area contributed by atoms with E-state index in [1.807, 2.05) is 6.08 Å². The van der Waals surface area contributed by atoms with Crippen molar-refractivity contribution in [2.75, 3.05) is 13.9 Å². The van der Waals surface area contributed by atoms with Crippen molar-refractivity contribution in [3.05, 3.63) is 11.6 Å². The third-order valence-corrected chi connectivity index (χ3v) is 9.01. The van der Waals surface area contributed by atoms with Crippen molar-refractivity contribution < 1.29 is 24.2 Å². The highest BCUT2D eigenvalue weighted by Gasteiger charge is 2.68. The molecule has 0 heterocycles. The fraction of sp³-hybridized carbons (Fsp3) is 0.826. The Bertz CT molecular complexity index is 714. The van der Waals surface area contributed by atoms with Crippen LogP contribution in [0, 0.1) is 28.6 Å². The zero-order valence-corrected chi connectivity index (χ0v) is 17.6. The molecule has 0 aliphatic heterocycles. The molecule has 0 aromatic rings. The molecule has 4 aliphatic carbocycles. The van der Waals surface area contributed by atoms with Gasteiger partial charge in [0.15, 0.2) is 11.6 Å². The average Bonchev–Trinajstić information content (AvgIpc) is 2.93. The Labute approximate surface area is 167 Å². The summed E-state index contributed by atoms with van der Waals surface area (Å²) in [5.41, 5.74) is -0.134. The van der Waals surface area contributed by atoms with Crippen LogP contribution in [-0.2, 0) is 19.1 Å². The average molecular weight is 391 g/mol. The van der Waals surface area contributed by atoms with Crippen molar-refractivity contribution in [2.45, 2.75) is 77.4 Å². The van der Waals surface area contributed by atoms with E-state index in [1.54, 1.807) is 14.0 Å². The molecule has 28 heavy (non-hydrogen) atoms. The summed E-state index contributed by atoms with van der Waals surface area (Å²) in [6.45, 7) is 6.12. The second-order valence-electron chi connectivity index (χ2n) is 10.0. The number of carbonyl (C=O) groups excluding carboxylic acids is 2. The van der Waals surface area contributed by atoms with Gasteiger partial charge in [0.05, 0.1) is 6.10 Å². The van der Waals surface area contributed by atoms with E-state index in [0.29, 0.717) is 31.1 Å². The summed E-state index contributed by atoms with van der Waals surface area (Å²) in [4.78, 5) is 24.8. The predicted octanol–water partition coefficient (Wildman–Crippen LogP) is 3.44. The van der Waals surface area contributed by atoms with Gasteiger partial charge in [0, 0.05) is 18.9 Å². The lowest BCUT2D eigenvalue weighted by atomic mass is 9.45. The van der Waals surface area contributed by atoms with Crippen LogP contribution in [-0.4, -0.2) is 42.3 Å². The molecule has 4 aliphatic rings. The number of fused-ring (bicyclic) bond motifs is 5. The summed E-state index contributed by atoms with van der Waals surface area (Å²) < 4.78 is 11.3. The van der Waals surface area contributed by atoms with Crippen LogP contribution in [0.2, 0.25) is 0 Å². The molecular weight excluding hydrogens is 356 g/mol. The number of aliphatic hydroxyl groups is 1. The van der Waals surface area contributed by atoms with Crippen molar-refractivity contribution in [3.8, 4) is 0 Å². The maximum atomic E-state index is 12.8. The highest BCUT2D eigenvalue weighted by molar-refractivity contribution is 5.91. The molecule has 0 aromatic heterocycles. The summed E-state index contributed by atoms with van der Waals surface area (Å²) in [6, 6.07) is 0. The van der Waals surface area contributed by atoms with E-state index in [1.165, 1.54) is 5.57 Å². The third kappa shape index (κ3) is 2.55. The Kier molecular flexibility index (Phi) is 4.88. The van der Waals surface area contributed by atoms with Crippen LogP contribution in [0.15, 0.2) is 11.6 Å². The quantitative estimate of drug-likeness (QED) is 0.745. The predicted molar refractivity (Wildman–Crippen MR) is 104 cm³/mol. The molecule has 0 saturated heterocycles. The fourth-order valence-electron chi connectivity index (χ4n) is 7.75. The molecule has 0 spiro atoms. The van der Waals surface area contributed by atoms with Crippen LogP contribution in [0.5, 0.6) is 0 Å². The summed E-state index contributed by atoms with van der Waals surface area (Å²) in [5, 5.41) is 11.4. The number of ether oxygens (including phenoxy) is 2. The van der Waals surface area contributed by atoms with Crippen molar-refractivity contribution in [2.24, 2.45) is 28.6 Å². The standard InChI is InChI=1S/C23H34O5/c1-14(24)23(28-13-27-4)10-8-18-17-6-5-15-11-16(25)7-9-21(15,2)20(17)19(26)12-22(18,23)3/h11,17-20,26H,5-10,12-13H2,1-4H3/t17-,18-,19-,20+,21-,22-,23-/m0/s1. The molecule has 5 nitrogen and oxygen atoms in total. The second kappa shape index (κ2) is 6.75. The number of aliphatic hydroxyl groups excluding tert-OH is 1. The molecule has 3 saturated carbocycles. The minimum absolute atomic E-state index is 0.0473. The SMILES string of the molecule is COCO[C@]1(C(C)=O)CC[C@H]2[C@@H]3CCC4=CC(=O)CC[C@]4(C)[C@H]3[C@@H](O)C[C@@]21C. The molecule has 3 fully saturated rings. The van der Waals surface area contributed by atoms with Gasteiger partial charge in [0.25, 0.3) is 0 Å². The van der Waals surface area contributed by atoms with Gasteiger partial charge in [-0.25, -0.2) is 0 Å². The normalized spacial score (nSPS) is 47.8. The van der Waals surface area contributed by atoms with E-state index in [2.05, 4.69) is 13.8 Å². The van der Waals surface area contributed by atoms with Gasteiger partial charge in [-0.15, -0.1) is 0 Å². The maximum Gasteiger partial charge on any atom is 0.162 e. The molecule has 0 amide bonds. The molecule has 5 heteroatoms. The van der Waals surface area contributed by atoms with Crippen molar-refractivity contribution >= 4 is 11.6 Å². The van der Waals surface area contributed by atoms with Crippen molar-refractivity contribution in [3.63, 3.8) is 0 Å². The Morgan fingerprint density at radius 1 is 1.25 bits per heavy atom. The molecule has 0 unspecified atom stereocenters. The van der Waals surface area contributed by atoms with Gasteiger partial charge in [0.1, 0.15) is 12.4 Å². The van der Waals surface area contributed by atoms with Gasteiger partial charge < -0.3 is 14.6 Å². The largest absolute Gasteiger partial charge is 0.393 e. The monoisotopic (exact) mass is 390 g/mol. The van der Waals surface area contributed by atoms with Gasteiger partial charge >= 0.3 is 0 Å². The lowest BCUT2D eigenvalue weighted by molar-refractivity contribution is -0.214.